The molecule has 0 saturated heterocycles. The molecule has 5 heteroatoms. The molecule has 4 nitrogen and oxygen atoms in total. The van der Waals surface area contributed by atoms with E-state index in [0.29, 0.717) is 13.0 Å². The van der Waals surface area contributed by atoms with Crippen LogP contribution in [0.15, 0.2) is 0 Å². The van der Waals surface area contributed by atoms with E-state index in [1.165, 1.54) is 0 Å². The molecular weight excluding hydrogens is 190 g/mol. The molecule has 1 atom stereocenters. The minimum atomic E-state index is -3.14. The first-order chi connectivity index (χ1) is 5.83. The second-order valence-corrected chi connectivity index (χ2v) is 5.56. The Hall–Kier alpha value is -0.130. The molecule has 0 aliphatic rings. The van der Waals surface area contributed by atoms with E-state index in [1.54, 1.807) is 6.92 Å². The Kier molecular flexibility index (Phi) is 5.51. The highest BCUT2D eigenvalue weighted by molar-refractivity contribution is 7.89. The molecular formula is C8H19NO3S. The normalized spacial score (nSPS) is 14.8. The number of aliphatic hydroxyl groups is 1. The third kappa shape index (κ3) is 8.21. The quantitative estimate of drug-likeness (QED) is 0.662. The minimum absolute atomic E-state index is 0.129. The van der Waals surface area contributed by atoms with Crippen LogP contribution in [0, 0.1) is 5.92 Å². The van der Waals surface area contributed by atoms with Gasteiger partial charge in [-0.25, -0.2) is 13.1 Å². The third-order valence-electron chi connectivity index (χ3n) is 1.44. The predicted octanol–water partition coefficient (Wildman–Crippen LogP) is 0.333. The van der Waals surface area contributed by atoms with E-state index in [2.05, 4.69) is 4.72 Å². The van der Waals surface area contributed by atoms with Crippen LogP contribution in [0.5, 0.6) is 0 Å². The van der Waals surface area contributed by atoms with Crippen molar-refractivity contribution in [3.05, 3.63) is 0 Å². The molecule has 0 bridgehead atoms. The lowest BCUT2D eigenvalue weighted by atomic mass is 10.3. The molecule has 1 unspecified atom stereocenters. The SMILES string of the molecule is CC(C)CS(=O)(=O)NCCC(C)O. The summed E-state index contributed by atoms with van der Waals surface area (Å²) in [5.41, 5.74) is 0. The van der Waals surface area contributed by atoms with Crippen LogP contribution >= 0.6 is 0 Å². The highest BCUT2D eigenvalue weighted by Crippen LogP contribution is 1.97. The van der Waals surface area contributed by atoms with Crippen LogP contribution in [-0.2, 0) is 10.0 Å². The summed E-state index contributed by atoms with van der Waals surface area (Å²) in [6, 6.07) is 0. The first kappa shape index (κ1) is 12.9. The number of nitrogens with one attached hydrogen (secondary N) is 1. The number of sulfonamides is 1. The van der Waals surface area contributed by atoms with Crippen molar-refractivity contribution < 1.29 is 13.5 Å². The van der Waals surface area contributed by atoms with Gasteiger partial charge in [0.1, 0.15) is 0 Å². The van der Waals surface area contributed by atoms with Gasteiger partial charge in [-0.2, -0.15) is 0 Å². The first-order valence-corrected chi connectivity index (χ1v) is 6.14. The molecule has 0 aromatic heterocycles. The Morgan fingerprint density at radius 2 is 1.85 bits per heavy atom. The van der Waals surface area contributed by atoms with Crippen molar-refractivity contribution in [3.8, 4) is 0 Å². The van der Waals surface area contributed by atoms with Crippen LogP contribution in [0.4, 0.5) is 0 Å². The largest absolute Gasteiger partial charge is 0.393 e. The summed E-state index contributed by atoms with van der Waals surface area (Å²) in [4.78, 5) is 0. The molecule has 80 valence electrons. The van der Waals surface area contributed by atoms with E-state index in [9.17, 15) is 8.42 Å². The fourth-order valence-electron chi connectivity index (χ4n) is 0.921. The summed E-state index contributed by atoms with van der Waals surface area (Å²) in [5.74, 6) is 0.274. The Morgan fingerprint density at radius 1 is 1.31 bits per heavy atom. The smallest absolute Gasteiger partial charge is 0.211 e. The van der Waals surface area contributed by atoms with Crippen LogP contribution in [0.3, 0.4) is 0 Å². The first-order valence-electron chi connectivity index (χ1n) is 4.49. The zero-order valence-electron chi connectivity index (χ0n) is 8.45. The Morgan fingerprint density at radius 3 is 2.23 bits per heavy atom. The Labute approximate surface area is 80.4 Å². The average molecular weight is 209 g/mol. The average Bonchev–Trinajstić information content (AvgIpc) is 1.81. The molecule has 0 aromatic carbocycles. The fourth-order valence-corrected chi connectivity index (χ4v) is 2.35. The second-order valence-electron chi connectivity index (χ2n) is 3.71. The molecule has 0 spiro atoms. The Balaban J connectivity index is 3.77. The predicted molar refractivity (Wildman–Crippen MR) is 52.9 cm³/mol. The lowest BCUT2D eigenvalue weighted by Gasteiger charge is -2.09. The summed E-state index contributed by atoms with van der Waals surface area (Å²) in [6.07, 6.45) is -0.00103. The number of rotatable bonds is 6. The van der Waals surface area contributed by atoms with Crippen molar-refractivity contribution in [1.29, 1.82) is 0 Å². The molecule has 0 aliphatic carbocycles. The van der Waals surface area contributed by atoms with Crippen molar-refractivity contribution in [2.75, 3.05) is 12.3 Å². The molecule has 0 saturated carbocycles. The summed E-state index contributed by atoms with van der Waals surface area (Å²) in [5, 5.41) is 8.90. The molecule has 13 heavy (non-hydrogen) atoms. The van der Waals surface area contributed by atoms with E-state index in [0.717, 1.165) is 0 Å². The third-order valence-corrected chi connectivity index (χ3v) is 3.19. The highest BCUT2D eigenvalue weighted by atomic mass is 32.2. The standard InChI is InChI=1S/C8H19NO3S/c1-7(2)6-13(11,12)9-5-4-8(3)10/h7-10H,4-6H2,1-3H3. The van der Waals surface area contributed by atoms with E-state index in [-0.39, 0.29) is 11.7 Å². The Bertz CT molecular complexity index is 222. The van der Waals surface area contributed by atoms with Crippen molar-refractivity contribution >= 4 is 10.0 Å². The van der Waals surface area contributed by atoms with Crippen molar-refractivity contribution in [2.24, 2.45) is 5.92 Å². The molecule has 0 aliphatic heterocycles. The van der Waals surface area contributed by atoms with E-state index in [4.69, 9.17) is 5.11 Å². The molecule has 0 aromatic rings. The van der Waals surface area contributed by atoms with Gasteiger partial charge in [0, 0.05) is 6.54 Å². The van der Waals surface area contributed by atoms with Gasteiger partial charge >= 0.3 is 0 Å². The van der Waals surface area contributed by atoms with Gasteiger partial charge < -0.3 is 5.11 Å². The van der Waals surface area contributed by atoms with Crippen LogP contribution in [-0.4, -0.2) is 31.9 Å². The number of hydrogen-bond acceptors (Lipinski definition) is 3. The van der Waals surface area contributed by atoms with Gasteiger partial charge in [0.2, 0.25) is 10.0 Å². The fraction of sp³-hybridized carbons (Fsp3) is 1.00. The zero-order valence-corrected chi connectivity index (χ0v) is 9.26. The minimum Gasteiger partial charge on any atom is -0.393 e. The van der Waals surface area contributed by atoms with Crippen LogP contribution in [0.1, 0.15) is 27.2 Å². The topological polar surface area (TPSA) is 66.4 Å². The lowest BCUT2D eigenvalue weighted by molar-refractivity contribution is 0.186. The molecule has 0 heterocycles. The molecule has 2 N–H and O–H groups in total. The van der Waals surface area contributed by atoms with Gasteiger partial charge in [-0.3, -0.25) is 0 Å². The van der Waals surface area contributed by atoms with Gasteiger partial charge in [0.25, 0.3) is 0 Å². The van der Waals surface area contributed by atoms with Gasteiger partial charge in [0.15, 0.2) is 0 Å². The van der Waals surface area contributed by atoms with Crippen LogP contribution < -0.4 is 4.72 Å². The number of aliphatic hydroxyl groups excluding tert-OH is 1. The van der Waals surface area contributed by atoms with Crippen molar-refractivity contribution in [3.63, 3.8) is 0 Å². The monoisotopic (exact) mass is 209 g/mol. The van der Waals surface area contributed by atoms with Crippen molar-refractivity contribution in [1.82, 2.24) is 4.72 Å². The molecule has 0 fully saturated rings. The summed E-state index contributed by atoms with van der Waals surface area (Å²) in [7, 11) is -3.14. The van der Waals surface area contributed by atoms with Gasteiger partial charge in [-0.1, -0.05) is 13.8 Å². The molecule has 0 rings (SSSR count). The highest BCUT2D eigenvalue weighted by Gasteiger charge is 2.11. The molecule has 0 radical (unpaired) electrons. The maximum atomic E-state index is 11.2. The van der Waals surface area contributed by atoms with Gasteiger partial charge in [0.05, 0.1) is 11.9 Å². The van der Waals surface area contributed by atoms with E-state index in [1.807, 2.05) is 13.8 Å². The van der Waals surface area contributed by atoms with Gasteiger partial charge in [-0.05, 0) is 19.3 Å². The van der Waals surface area contributed by atoms with Crippen LogP contribution in [0.25, 0.3) is 0 Å². The zero-order chi connectivity index (χ0) is 10.5. The summed E-state index contributed by atoms with van der Waals surface area (Å²) < 4.78 is 24.9. The van der Waals surface area contributed by atoms with E-state index >= 15 is 0 Å². The lowest BCUT2D eigenvalue weighted by Crippen LogP contribution is -2.30. The molecule has 0 amide bonds. The maximum absolute atomic E-state index is 11.2. The summed E-state index contributed by atoms with van der Waals surface area (Å²) >= 11 is 0. The van der Waals surface area contributed by atoms with Crippen molar-refractivity contribution in [2.45, 2.75) is 33.3 Å². The second kappa shape index (κ2) is 5.57. The van der Waals surface area contributed by atoms with E-state index < -0.39 is 16.1 Å². The maximum Gasteiger partial charge on any atom is 0.211 e. The van der Waals surface area contributed by atoms with Crippen LogP contribution in [0.2, 0.25) is 0 Å². The van der Waals surface area contributed by atoms with Gasteiger partial charge in [-0.15, -0.1) is 0 Å². The number of hydrogen-bond donors (Lipinski definition) is 2. The summed E-state index contributed by atoms with van der Waals surface area (Å²) in [6.45, 7) is 5.66.